The van der Waals surface area contributed by atoms with E-state index < -0.39 is 0 Å². The van der Waals surface area contributed by atoms with Gasteiger partial charge in [0, 0.05) is 6.54 Å². The number of benzene rings is 1. The molecule has 0 bridgehead atoms. The van der Waals surface area contributed by atoms with E-state index in [1.54, 1.807) is 0 Å². The summed E-state index contributed by atoms with van der Waals surface area (Å²) in [5.41, 5.74) is 1.34. The van der Waals surface area contributed by atoms with Gasteiger partial charge in [0.1, 0.15) is 12.4 Å². The summed E-state index contributed by atoms with van der Waals surface area (Å²) in [6.45, 7) is 12.8. The summed E-state index contributed by atoms with van der Waals surface area (Å²) in [6.07, 6.45) is 2.46. The third kappa shape index (κ3) is 7.49. The predicted molar refractivity (Wildman–Crippen MR) is 89.2 cm³/mol. The van der Waals surface area contributed by atoms with Gasteiger partial charge in [-0.25, -0.2) is 0 Å². The first-order chi connectivity index (χ1) is 10.1. The fourth-order valence-corrected chi connectivity index (χ4v) is 2.10. The highest BCUT2D eigenvalue weighted by molar-refractivity contribution is 5.38. The topological polar surface area (TPSA) is 30.5 Å². The number of ether oxygens (including phenoxy) is 2. The molecule has 0 aliphatic rings. The second-order valence-electron chi connectivity index (χ2n) is 6.31. The number of hydrogen-bond donors (Lipinski definition) is 1. The van der Waals surface area contributed by atoms with Crippen molar-refractivity contribution >= 4 is 0 Å². The summed E-state index contributed by atoms with van der Waals surface area (Å²) in [5.74, 6) is 0.967. The van der Waals surface area contributed by atoms with Crippen LogP contribution in [-0.4, -0.2) is 32.9 Å². The van der Waals surface area contributed by atoms with Gasteiger partial charge in [-0.2, -0.15) is 0 Å². The van der Waals surface area contributed by atoms with Crippen LogP contribution in [0.5, 0.6) is 5.75 Å². The van der Waals surface area contributed by atoms with Crippen molar-refractivity contribution in [3.8, 4) is 5.75 Å². The van der Waals surface area contributed by atoms with Crippen molar-refractivity contribution in [1.82, 2.24) is 5.32 Å². The Labute approximate surface area is 130 Å². The Morgan fingerprint density at radius 3 is 2.48 bits per heavy atom. The van der Waals surface area contributed by atoms with Gasteiger partial charge in [0.15, 0.2) is 0 Å². The maximum absolute atomic E-state index is 5.86. The average Bonchev–Trinajstić information content (AvgIpc) is 2.45. The molecule has 0 saturated carbocycles. The van der Waals surface area contributed by atoms with Crippen LogP contribution in [-0.2, 0) is 10.2 Å². The molecule has 0 fully saturated rings. The summed E-state index contributed by atoms with van der Waals surface area (Å²) in [4.78, 5) is 0. The molecular weight excluding hydrogens is 262 g/mol. The summed E-state index contributed by atoms with van der Waals surface area (Å²) in [7, 11) is 0. The minimum Gasteiger partial charge on any atom is -0.491 e. The van der Waals surface area contributed by atoms with E-state index in [1.165, 1.54) is 18.4 Å². The molecule has 0 amide bonds. The van der Waals surface area contributed by atoms with Crippen LogP contribution in [0.25, 0.3) is 0 Å². The maximum atomic E-state index is 5.86. The highest BCUT2D eigenvalue weighted by atomic mass is 16.5. The minimum absolute atomic E-state index is 0.0979. The molecule has 0 atom stereocenters. The normalized spacial score (nSPS) is 11.6. The summed E-state index contributed by atoms with van der Waals surface area (Å²) in [5, 5.41) is 3.36. The molecule has 0 unspecified atom stereocenters. The van der Waals surface area contributed by atoms with Gasteiger partial charge in [0.2, 0.25) is 0 Å². The van der Waals surface area contributed by atoms with E-state index in [0.29, 0.717) is 13.2 Å². The van der Waals surface area contributed by atoms with E-state index in [-0.39, 0.29) is 5.41 Å². The lowest BCUT2D eigenvalue weighted by molar-refractivity contribution is 0.101. The Kier molecular flexibility index (Phi) is 8.40. The van der Waals surface area contributed by atoms with Gasteiger partial charge in [0.25, 0.3) is 0 Å². The molecule has 1 aromatic carbocycles. The van der Waals surface area contributed by atoms with Gasteiger partial charge < -0.3 is 14.8 Å². The van der Waals surface area contributed by atoms with E-state index in [0.717, 1.165) is 25.4 Å². The summed E-state index contributed by atoms with van der Waals surface area (Å²) < 4.78 is 11.4. The SMILES string of the molecule is CCCCNCCOCCOc1ccccc1C(C)(C)C. The number of rotatable bonds is 10. The lowest BCUT2D eigenvalue weighted by atomic mass is 9.86. The van der Waals surface area contributed by atoms with Crippen LogP contribution in [0.1, 0.15) is 46.1 Å². The summed E-state index contributed by atoms with van der Waals surface area (Å²) >= 11 is 0. The van der Waals surface area contributed by atoms with E-state index in [1.807, 2.05) is 12.1 Å². The standard InChI is InChI=1S/C18H31NO2/c1-5-6-11-19-12-13-20-14-15-21-17-10-8-7-9-16(17)18(2,3)4/h7-10,19H,5-6,11-15H2,1-4H3. The van der Waals surface area contributed by atoms with Gasteiger partial charge in [-0.3, -0.25) is 0 Å². The molecule has 0 radical (unpaired) electrons. The molecule has 1 N–H and O–H groups in total. The van der Waals surface area contributed by atoms with Crippen molar-refractivity contribution in [2.24, 2.45) is 0 Å². The first-order valence-corrected chi connectivity index (χ1v) is 8.06. The number of nitrogens with one attached hydrogen (secondary N) is 1. The Hall–Kier alpha value is -1.06. The van der Waals surface area contributed by atoms with E-state index in [2.05, 4.69) is 45.1 Å². The molecule has 3 heteroatoms. The largest absolute Gasteiger partial charge is 0.491 e. The van der Waals surface area contributed by atoms with Gasteiger partial charge >= 0.3 is 0 Å². The van der Waals surface area contributed by atoms with Gasteiger partial charge in [-0.15, -0.1) is 0 Å². The molecule has 0 saturated heterocycles. The van der Waals surface area contributed by atoms with Gasteiger partial charge in [-0.05, 0) is 30.0 Å². The number of unbranched alkanes of at least 4 members (excludes halogenated alkanes) is 1. The second kappa shape index (κ2) is 9.80. The molecule has 0 aromatic heterocycles. The fraction of sp³-hybridized carbons (Fsp3) is 0.667. The number of para-hydroxylation sites is 1. The van der Waals surface area contributed by atoms with Crippen molar-refractivity contribution < 1.29 is 9.47 Å². The molecular formula is C18H31NO2. The zero-order valence-electron chi connectivity index (χ0n) is 14.1. The monoisotopic (exact) mass is 293 g/mol. The van der Waals surface area contributed by atoms with Crippen LogP contribution in [0, 0.1) is 0 Å². The predicted octanol–water partition coefficient (Wildman–Crippen LogP) is 3.77. The van der Waals surface area contributed by atoms with Gasteiger partial charge in [-0.1, -0.05) is 52.3 Å². The van der Waals surface area contributed by atoms with Crippen molar-refractivity contribution in [2.45, 2.75) is 46.0 Å². The molecule has 0 aliphatic heterocycles. The molecule has 1 aromatic rings. The first kappa shape index (κ1) is 18.0. The van der Waals surface area contributed by atoms with Gasteiger partial charge in [0.05, 0.1) is 13.2 Å². The second-order valence-corrected chi connectivity index (χ2v) is 6.31. The average molecular weight is 293 g/mol. The van der Waals surface area contributed by atoms with E-state index >= 15 is 0 Å². The molecule has 3 nitrogen and oxygen atoms in total. The van der Waals surface area contributed by atoms with E-state index in [4.69, 9.17) is 9.47 Å². The highest BCUT2D eigenvalue weighted by Crippen LogP contribution is 2.30. The molecule has 0 aliphatic carbocycles. The van der Waals surface area contributed by atoms with Crippen molar-refractivity contribution in [3.63, 3.8) is 0 Å². The fourth-order valence-electron chi connectivity index (χ4n) is 2.10. The van der Waals surface area contributed by atoms with Crippen molar-refractivity contribution in [2.75, 3.05) is 32.9 Å². The first-order valence-electron chi connectivity index (χ1n) is 8.06. The third-order valence-electron chi connectivity index (χ3n) is 3.31. The lowest BCUT2D eigenvalue weighted by Gasteiger charge is -2.22. The molecule has 1 rings (SSSR count). The Morgan fingerprint density at radius 2 is 1.76 bits per heavy atom. The molecule has 21 heavy (non-hydrogen) atoms. The Balaban J connectivity index is 2.19. The summed E-state index contributed by atoms with van der Waals surface area (Å²) in [6, 6.07) is 8.25. The lowest BCUT2D eigenvalue weighted by Crippen LogP contribution is -2.22. The zero-order valence-corrected chi connectivity index (χ0v) is 14.1. The molecule has 0 heterocycles. The van der Waals surface area contributed by atoms with Crippen molar-refractivity contribution in [1.29, 1.82) is 0 Å². The highest BCUT2D eigenvalue weighted by Gasteiger charge is 2.18. The quantitative estimate of drug-likeness (QED) is 0.666. The van der Waals surface area contributed by atoms with Crippen molar-refractivity contribution in [3.05, 3.63) is 29.8 Å². The maximum Gasteiger partial charge on any atom is 0.123 e. The van der Waals surface area contributed by atoms with Crippen LogP contribution >= 0.6 is 0 Å². The molecule has 0 spiro atoms. The van der Waals surface area contributed by atoms with Crippen LogP contribution in [0.2, 0.25) is 0 Å². The van der Waals surface area contributed by atoms with E-state index in [9.17, 15) is 0 Å². The smallest absolute Gasteiger partial charge is 0.123 e. The zero-order chi connectivity index (χ0) is 15.6. The van der Waals surface area contributed by atoms with Crippen LogP contribution in [0.4, 0.5) is 0 Å². The number of hydrogen-bond acceptors (Lipinski definition) is 3. The Bertz CT molecular complexity index is 385. The van der Waals surface area contributed by atoms with Crippen LogP contribution in [0.3, 0.4) is 0 Å². The minimum atomic E-state index is 0.0979. The van der Waals surface area contributed by atoms with Crippen LogP contribution < -0.4 is 10.1 Å². The molecule has 120 valence electrons. The van der Waals surface area contributed by atoms with Crippen LogP contribution in [0.15, 0.2) is 24.3 Å². The third-order valence-corrected chi connectivity index (χ3v) is 3.31. The Morgan fingerprint density at radius 1 is 1.00 bits per heavy atom.